The van der Waals surface area contributed by atoms with Crippen LogP contribution in [0.3, 0.4) is 0 Å². The molecule has 0 radical (unpaired) electrons. The maximum absolute atomic E-state index is 11.4. The monoisotopic (exact) mass is 518 g/mol. The molecule has 0 saturated heterocycles. The van der Waals surface area contributed by atoms with Crippen LogP contribution >= 0.6 is 0 Å². The molecule has 0 aliphatic carbocycles. The molecule has 16 heavy (non-hydrogen) atoms. The maximum atomic E-state index is 11.4. The molecule has 0 unspecified atom stereocenters. The van der Waals surface area contributed by atoms with Gasteiger partial charge in [0, 0.05) is 31.1 Å². The van der Waals surface area contributed by atoms with E-state index in [0.29, 0.717) is 0 Å². The Morgan fingerprint density at radius 2 is 0.875 bits per heavy atom. The normalized spacial score (nSPS) is 14.4. The fraction of sp³-hybridized carbons (Fsp3) is 1.00. The predicted octanol–water partition coefficient (Wildman–Crippen LogP) is 1.06. The smallest absolute Gasteiger partial charge is 0.421 e. The van der Waals surface area contributed by atoms with Gasteiger partial charge in [-0.2, -0.15) is 26.3 Å². The first kappa shape index (κ1) is 18.8. The summed E-state index contributed by atoms with van der Waals surface area (Å²) in [5, 5.41) is 0. The molecule has 0 aliphatic heterocycles. The number of hydrogen-bond acceptors (Lipinski definition) is 4. The van der Waals surface area contributed by atoms with E-state index >= 15 is 0 Å². The minimum Gasteiger partial charge on any atom is -0.421 e. The van der Waals surface area contributed by atoms with Gasteiger partial charge < -0.3 is 4.13 Å². The van der Waals surface area contributed by atoms with Crippen LogP contribution < -0.4 is 0 Å². The minimum atomic E-state index is -6.72. The Bertz CT molecular complexity index is 390. The molecule has 0 aromatic rings. The van der Waals surface area contributed by atoms with Crippen LogP contribution in [0.4, 0.5) is 26.3 Å². The van der Waals surface area contributed by atoms with Crippen molar-refractivity contribution in [2.45, 2.75) is 11.0 Å². The molecule has 0 aromatic heterocycles. The third kappa shape index (κ3) is 4.40. The van der Waals surface area contributed by atoms with Gasteiger partial charge in [0.1, 0.15) is 0 Å². The molecular weight excluding hydrogens is 518 g/mol. The van der Waals surface area contributed by atoms with E-state index in [-0.39, 0.29) is 31.1 Å². The van der Waals surface area contributed by atoms with Gasteiger partial charge in [-0.1, -0.05) is 0 Å². The Labute approximate surface area is 109 Å². The van der Waals surface area contributed by atoms with Gasteiger partial charge in [-0.05, 0) is 0 Å². The van der Waals surface area contributed by atoms with Crippen molar-refractivity contribution < 1.29 is 74.3 Å². The van der Waals surface area contributed by atoms with Gasteiger partial charge in [0.2, 0.25) is 0 Å². The van der Waals surface area contributed by atoms with Crippen molar-refractivity contribution >= 4 is 20.0 Å². The summed E-state index contributed by atoms with van der Waals surface area (Å²) in [5.74, 6) is 0. The summed E-state index contributed by atoms with van der Waals surface area (Å²) < 4.78 is 109. The van der Waals surface area contributed by atoms with Crippen molar-refractivity contribution in [3.63, 3.8) is 0 Å². The van der Waals surface area contributed by atoms with Crippen molar-refractivity contribution in [1.82, 2.24) is 0 Å². The van der Waals surface area contributed by atoms with E-state index in [1.807, 2.05) is 0 Å². The number of alkyl halides is 6. The quantitative estimate of drug-likeness (QED) is 0.513. The zero-order chi connectivity index (χ0) is 12.7. The Balaban J connectivity index is 0. The number of nitrogens with zero attached hydrogens (tertiary/aromatic N) is 1. The molecule has 0 atom stereocenters. The van der Waals surface area contributed by atoms with Crippen LogP contribution in [0.25, 0.3) is 4.13 Å². The molecule has 0 fully saturated rings. The number of rotatable bonds is 2. The van der Waals surface area contributed by atoms with Crippen molar-refractivity contribution in [2.75, 3.05) is 0 Å². The SMILES string of the molecule is O=S(=O)([N-]S(=O)(=O)C(F)(F)F)C(F)(F)F.[U]. The van der Waals surface area contributed by atoms with E-state index in [1.54, 1.807) is 0 Å². The number of halogens is 6. The average Bonchev–Trinajstić information content (AvgIpc) is 1.77. The Morgan fingerprint density at radius 3 is 1.00 bits per heavy atom. The Hall–Kier alpha value is 0.492. The van der Waals surface area contributed by atoms with Crippen molar-refractivity contribution in [3.8, 4) is 0 Å². The number of sulfonamides is 2. The predicted molar refractivity (Wildman–Crippen MR) is 33.3 cm³/mol. The second-order valence-electron chi connectivity index (χ2n) is 1.92. The van der Waals surface area contributed by atoms with Crippen molar-refractivity contribution in [1.29, 1.82) is 0 Å². The summed E-state index contributed by atoms with van der Waals surface area (Å²) in [4.78, 5) is 0. The molecule has 14 heteroatoms. The van der Waals surface area contributed by atoms with Gasteiger partial charge in [0.15, 0.2) is 20.0 Å². The zero-order valence-electron chi connectivity index (χ0n) is 6.66. The Kier molecular flexibility index (Phi) is 5.90. The second kappa shape index (κ2) is 5.01. The first-order valence-corrected chi connectivity index (χ1v) is 5.45. The second-order valence-corrected chi connectivity index (χ2v) is 5.34. The fourth-order valence-electron chi connectivity index (χ4n) is 0.214. The van der Waals surface area contributed by atoms with Gasteiger partial charge in [0.25, 0.3) is 0 Å². The number of hydrogen-bond donors (Lipinski definition) is 0. The van der Waals surface area contributed by atoms with Crippen LogP contribution in [0.1, 0.15) is 0 Å². The van der Waals surface area contributed by atoms with Gasteiger partial charge >= 0.3 is 11.0 Å². The van der Waals surface area contributed by atoms with Crippen LogP contribution in [0.2, 0.25) is 0 Å². The average molecular weight is 518 g/mol. The fourth-order valence-corrected chi connectivity index (χ4v) is 1.92. The van der Waals surface area contributed by atoms with E-state index in [4.69, 9.17) is 0 Å². The first-order chi connectivity index (χ1) is 6.21. The van der Waals surface area contributed by atoms with E-state index in [2.05, 4.69) is 0 Å². The third-order valence-corrected chi connectivity index (χ3v) is 3.52. The molecule has 0 bridgehead atoms. The molecule has 0 aliphatic rings. The van der Waals surface area contributed by atoms with Crippen LogP contribution in [-0.2, 0) is 20.0 Å². The molecule has 0 rings (SSSR count). The molecule has 0 spiro atoms. The zero-order valence-corrected chi connectivity index (χ0v) is 12.5. The van der Waals surface area contributed by atoms with Gasteiger partial charge in [-0.3, -0.25) is 0 Å². The summed E-state index contributed by atoms with van der Waals surface area (Å²) in [6.07, 6.45) is 0. The minimum absolute atomic E-state index is 0. The molecule has 5 nitrogen and oxygen atoms in total. The largest absolute Gasteiger partial charge is 0.480 e. The van der Waals surface area contributed by atoms with E-state index in [0.717, 1.165) is 4.13 Å². The molecule has 0 aromatic carbocycles. The summed E-state index contributed by atoms with van der Waals surface area (Å²) >= 11 is 0. The molecule has 96 valence electrons. The summed E-state index contributed by atoms with van der Waals surface area (Å²) in [5.41, 5.74) is -12.4. The summed E-state index contributed by atoms with van der Waals surface area (Å²) in [6.45, 7) is 0. The first-order valence-electron chi connectivity index (χ1n) is 2.57. The van der Waals surface area contributed by atoms with Crippen molar-refractivity contribution in [3.05, 3.63) is 4.13 Å². The van der Waals surface area contributed by atoms with Gasteiger partial charge in [0.05, 0.1) is 0 Å². The van der Waals surface area contributed by atoms with Crippen LogP contribution in [-0.4, -0.2) is 27.9 Å². The van der Waals surface area contributed by atoms with Crippen LogP contribution in [0, 0.1) is 31.1 Å². The summed E-state index contributed by atoms with van der Waals surface area (Å²) in [7, 11) is -13.4. The summed E-state index contributed by atoms with van der Waals surface area (Å²) in [6, 6.07) is 0. The molecule has 0 amide bonds. The standard InChI is InChI=1S/C2F6NO4S2.U/c3-1(4,5)14(10,11)9-15(12,13)2(6,7)8;/q-1;. The van der Waals surface area contributed by atoms with Crippen LogP contribution in [0.5, 0.6) is 0 Å². The Morgan fingerprint density at radius 1 is 0.688 bits per heavy atom. The molecule has 0 N–H and O–H groups in total. The van der Waals surface area contributed by atoms with E-state index < -0.39 is 31.1 Å². The molecular formula is C2F6NO4S2U-. The molecule has 0 heterocycles. The van der Waals surface area contributed by atoms with Gasteiger partial charge in [-0.25, -0.2) is 16.8 Å². The van der Waals surface area contributed by atoms with Crippen molar-refractivity contribution in [2.24, 2.45) is 0 Å². The van der Waals surface area contributed by atoms with E-state index in [9.17, 15) is 43.2 Å². The topological polar surface area (TPSA) is 82.4 Å². The van der Waals surface area contributed by atoms with E-state index in [1.165, 1.54) is 0 Å². The van der Waals surface area contributed by atoms with Gasteiger partial charge in [-0.15, -0.1) is 0 Å². The third-order valence-electron chi connectivity index (χ3n) is 0.781. The maximum Gasteiger partial charge on any atom is 0.480 e. The van der Waals surface area contributed by atoms with Crippen LogP contribution in [0.15, 0.2) is 0 Å². The molecule has 0 saturated carbocycles.